The van der Waals surface area contributed by atoms with Crippen LogP contribution >= 0.6 is 22.9 Å². The molecular formula is C11H11ClN2OS. The molecule has 0 radical (unpaired) electrons. The van der Waals surface area contributed by atoms with E-state index in [0.717, 1.165) is 10.7 Å². The molecule has 0 aliphatic rings. The lowest BCUT2D eigenvalue weighted by molar-refractivity contribution is 0.173. The van der Waals surface area contributed by atoms with E-state index < -0.39 is 6.10 Å². The quantitative estimate of drug-likeness (QED) is 0.916. The summed E-state index contributed by atoms with van der Waals surface area (Å²) in [5.41, 5.74) is 1.61. The van der Waals surface area contributed by atoms with Crippen LogP contribution in [0.3, 0.4) is 0 Å². The third-order valence-electron chi connectivity index (χ3n) is 2.13. The highest BCUT2D eigenvalue weighted by Gasteiger charge is 2.11. The molecule has 84 valence electrons. The first kappa shape index (κ1) is 11.5. The molecule has 0 fully saturated rings. The lowest BCUT2D eigenvalue weighted by Crippen LogP contribution is -2.03. The van der Waals surface area contributed by atoms with Crippen LogP contribution in [0, 0.1) is 6.92 Å². The predicted octanol–water partition coefficient (Wildman–Crippen LogP) is 2.78. The van der Waals surface area contributed by atoms with Gasteiger partial charge in [-0.1, -0.05) is 11.6 Å². The summed E-state index contributed by atoms with van der Waals surface area (Å²) < 4.78 is 0. The summed E-state index contributed by atoms with van der Waals surface area (Å²) in [6.45, 7) is 1.94. The Kier molecular flexibility index (Phi) is 3.53. The first-order valence-electron chi connectivity index (χ1n) is 4.85. The number of pyridine rings is 1. The highest BCUT2D eigenvalue weighted by molar-refractivity contribution is 7.09. The van der Waals surface area contributed by atoms with Gasteiger partial charge in [-0.2, -0.15) is 0 Å². The van der Waals surface area contributed by atoms with Crippen molar-refractivity contribution in [2.75, 3.05) is 0 Å². The summed E-state index contributed by atoms with van der Waals surface area (Å²) in [5.74, 6) is 0. The molecule has 0 saturated carbocycles. The fourth-order valence-corrected chi connectivity index (χ4v) is 2.27. The third kappa shape index (κ3) is 2.78. The van der Waals surface area contributed by atoms with Gasteiger partial charge in [-0.05, 0) is 19.1 Å². The zero-order valence-electron chi connectivity index (χ0n) is 8.72. The van der Waals surface area contributed by atoms with Crippen molar-refractivity contribution in [3.8, 4) is 0 Å². The number of aliphatic hydroxyl groups is 1. The largest absolute Gasteiger partial charge is 0.386 e. The Hall–Kier alpha value is -0.970. The number of aliphatic hydroxyl groups excluding tert-OH is 1. The molecule has 3 nitrogen and oxygen atoms in total. The van der Waals surface area contributed by atoms with Gasteiger partial charge in [0.15, 0.2) is 0 Å². The van der Waals surface area contributed by atoms with E-state index in [1.54, 1.807) is 23.5 Å². The number of hydrogen-bond acceptors (Lipinski definition) is 4. The Balaban J connectivity index is 2.08. The van der Waals surface area contributed by atoms with Crippen LogP contribution in [0.25, 0.3) is 0 Å². The minimum Gasteiger partial charge on any atom is -0.386 e. The summed E-state index contributed by atoms with van der Waals surface area (Å²) >= 11 is 7.28. The standard InChI is InChI=1S/C11H11ClN2OS/c1-7-6-16-11(14-7)4-10(15)9-3-2-8(12)5-13-9/h2-3,5-6,10,15H,4H2,1H3. The topological polar surface area (TPSA) is 46.0 Å². The molecule has 1 unspecified atom stereocenters. The molecule has 0 aliphatic heterocycles. The molecule has 0 spiro atoms. The lowest BCUT2D eigenvalue weighted by Gasteiger charge is -2.07. The lowest BCUT2D eigenvalue weighted by atomic mass is 10.2. The van der Waals surface area contributed by atoms with Crippen LogP contribution in [0.2, 0.25) is 5.02 Å². The monoisotopic (exact) mass is 254 g/mol. The molecule has 16 heavy (non-hydrogen) atoms. The molecule has 0 saturated heterocycles. The van der Waals surface area contributed by atoms with Crippen LogP contribution in [0.5, 0.6) is 0 Å². The fourth-order valence-electron chi connectivity index (χ4n) is 1.35. The Morgan fingerprint density at radius 3 is 2.88 bits per heavy atom. The van der Waals surface area contributed by atoms with Crippen molar-refractivity contribution in [2.45, 2.75) is 19.4 Å². The van der Waals surface area contributed by atoms with Crippen molar-refractivity contribution < 1.29 is 5.11 Å². The van der Waals surface area contributed by atoms with E-state index in [1.807, 2.05) is 12.3 Å². The van der Waals surface area contributed by atoms with E-state index in [1.165, 1.54) is 6.20 Å². The van der Waals surface area contributed by atoms with Gasteiger partial charge in [0.2, 0.25) is 0 Å². The van der Waals surface area contributed by atoms with Crippen molar-refractivity contribution in [3.63, 3.8) is 0 Å². The smallest absolute Gasteiger partial charge is 0.102 e. The third-order valence-corrected chi connectivity index (χ3v) is 3.34. The molecule has 0 bridgehead atoms. The van der Waals surface area contributed by atoms with Crippen LogP contribution in [0.15, 0.2) is 23.7 Å². The molecule has 1 N–H and O–H groups in total. The summed E-state index contributed by atoms with van der Waals surface area (Å²) in [7, 11) is 0. The molecule has 0 amide bonds. The van der Waals surface area contributed by atoms with Crippen LogP contribution < -0.4 is 0 Å². The van der Waals surface area contributed by atoms with Crippen molar-refractivity contribution in [1.29, 1.82) is 0 Å². The second-order valence-corrected chi connectivity index (χ2v) is 4.88. The second kappa shape index (κ2) is 4.91. The van der Waals surface area contributed by atoms with Gasteiger partial charge in [-0.25, -0.2) is 4.98 Å². The zero-order chi connectivity index (χ0) is 11.5. The van der Waals surface area contributed by atoms with E-state index in [2.05, 4.69) is 9.97 Å². The first-order chi connectivity index (χ1) is 7.65. The van der Waals surface area contributed by atoms with Crippen molar-refractivity contribution in [3.05, 3.63) is 45.1 Å². The molecule has 0 aromatic carbocycles. The number of rotatable bonds is 3. The Morgan fingerprint density at radius 2 is 2.31 bits per heavy atom. The SMILES string of the molecule is Cc1csc(CC(O)c2ccc(Cl)cn2)n1. The van der Waals surface area contributed by atoms with Gasteiger partial charge in [-0.15, -0.1) is 11.3 Å². The minimum absolute atomic E-state index is 0.493. The van der Waals surface area contributed by atoms with E-state index in [4.69, 9.17) is 11.6 Å². The van der Waals surface area contributed by atoms with Crippen LogP contribution in [-0.4, -0.2) is 15.1 Å². The van der Waals surface area contributed by atoms with Crippen LogP contribution in [-0.2, 0) is 6.42 Å². The molecular weight excluding hydrogens is 244 g/mol. The fraction of sp³-hybridized carbons (Fsp3) is 0.273. The van der Waals surface area contributed by atoms with Crippen molar-refractivity contribution >= 4 is 22.9 Å². The molecule has 5 heteroatoms. The maximum Gasteiger partial charge on any atom is 0.102 e. The highest BCUT2D eigenvalue weighted by atomic mass is 35.5. The molecule has 2 heterocycles. The average Bonchev–Trinajstić information content (AvgIpc) is 2.65. The molecule has 2 rings (SSSR count). The predicted molar refractivity (Wildman–Crippen MR) is 64.8 cm³/mol. The van der Waals surface area contributed by atoms with Gasteiger partial charge < -0.3 is 5.11 Å². The van der Waals surface area contributed by atoms with Gasteiger partial charge in [0, 0.05) is 23.7 Å². The van der Waals surface area contributed by atoms with Crippen LogP contribution in [0.4, 0.5) is 0 Å². The highest BCUT2D eigenvalue weighted by Crippen LogP contribution is 2.20. The summed E-state index contributed by atoms with van der Waals surface area (Å²) in [4.78, 5) is 8.37. The molecule has 2 aromatic rings. The summed E-state index contributed by atoms with van der Waals surface area (Å²) in [6.07, 6.45) is 1.41. The molecule has 1 atom stereocenters. The number of aromatic nitrogens is 2. The number of aryl methyl sites for hydroxylation is 1. The number of halogens is 1. The first-order valence-corrected chi connectivity index (χ1v) is 6.11. The van der Waals surface area contributed by atoms with Gasteiger partial charge in [0.05, 0.1) is 15.7 Å². The normalized spacial score (nSPS) is 12.7. The Bertz CT molecular complexity index is 469. The Morgan fingerprint density at radius 1 is 1.50 bits per heavy atom. The zero-order valence-corrected chi connectivity index (χ0v) is 10.3. The minimum atomic E-state index is -0.622. The van der Waals surface area contributed by atoms with Gasteiger partial charge >= 0.3 is 0 Å². The second-order valence-electron chi connectivity index (χ2n) is 3.50. The van der Waals surface area contributed by atoms with Crippen LogP contribution in [0.1, 0.15) is 22.5 Å². The van der Waals surface area contributed by atoms with E-state index in [-0.39, 0.29) is 0 Å². The average molecular weight is 255 g/mol. The van der Waals surface area contributed by atoms with E-state index in [0.29, 0.717) is 17.1 Å². The maximum atomic E-state index is 9.94. The van der Waals surface area contributed by atoms with Crippen molar-refractivity contribution in [1.82, 2.24) is 9.97 Å². The summed E-state index contributed by atoms with van der Waals surface area (Å²) in [6, 6.07) is 3.45. The summed E-state index contributed by atoms with van der Waals surface area (Å²) in [5, 5.41) is 13.4. The maximum absolute atomic E-state index is 9.94. The van der Waals surface area contributed by atoms with Gasteiger partial charge in [0.25, 0.3) is 0 Å². The van der Waals surface area contributed by atoms with Gasteiger partial charge in [0.1, 0.15) is 6.10 Å². The Labute approximate surface area is 103 Å². The van der Waals surface area contributed by atoms with E-state index >= 15 is 0 Å². The number of hydrogen-bond donors (Lipinski definition) is 1. The molecule has 2 aromatic heterocycles. The van der Waals surface area contributed by atoms with Crippen molar-refractivity contribution in [2.24, 2.45) is 0 Å². The number of nitrogens with zero attached hydrogens (tertiary/aromatic N) is 2. The number of thiazole rings is 1. The van der Waals surface area contributed by atoms with E-state index in [9.17, 15) is 5.11 Å². The molecule has 0 aliphatic carbocycles. The van der Waals surface area contributed by atoms with Gasteiger partial charge in [-0.3, -0.25) is 4.98 Å².